The molecule has 0 spiro atoms. The van der Waals surface area contributed by atoms with Gasteiger partial charge in [-0.2, -0.15) is 0 Å². The zero-order valence-electron chi connectivity index (χ0n) is 44.3. The van der Waals surface area contributed by atoms with Gasteiger partial charge in [0, 0.05) is 74.7 Å². The van der Waals surface area contributed by atoms with Crippen LogP contribution in [-0.2, 0) is 25.5 Å². The van der Waals surface area contributed by atoms with Gasteiger partial charge in [0.25, 0.3) is 0 Å². The van der Waals surface area contributed by atoms with Gasteiger partial charge in [-0.15, -0.1) is 0 Å². The molecule has 0 unspecified atom stereocenters. The maximum atomic E-state index is 14.8. The van der Waals surface area contributed by atoms with Gasteiger partial charge in [0.05, 0.1) is 17.1 Å². The molecule has 0 radical (unpaired) electrons. The van der Waals surface area contributed by atoms with Crippen LogP contribution in [0.25, 0.3) is 89.1 Å². The molecule has 334 valence electrons. The number of furan rings is 1. The SMILES string of the molecule is [2H]C([2H])(c1ccc(-c2ccc(F)cc2F)nc1)C([2H])([2H])c1cc(-c2ccccc2-c2cnc(-c3ccccc3)cc2-c2ccc3c(c2)oc2ccccc23)cc(C([2H])([2H])C([2H])([2H])c2ccc(-c3ccc(F)cc3F)nc2)c1. The van der Waals surface area contributed by atoms with Crippen LogP contribution in [0.3, 0.4) is 0 Å². The average Bonchev–Trinajstić information content (AvgIpc) is 3.83. The van der Waals surface area contributed by atoms with Crippen molar-refractivity contribution in [1.82, 2.24) is 15.0 Å². The summed E-state index contributed by atoms with van der Waals surface area (Å²) in [6.45, 7) is 0. The molecule has 7 aromatic carbocycles. The molecule has 0 N–H and O–H groups in total. The van der Waals surface area contributed by atoms with Gasteiger partial charge >= 0.3 is 0 Å². The van der Waals surface area contributed by atoms with Crippen LogP contribution in [-0.4, -0.2) is 15.0 Å². The fourth-order valence-electron chi connectivity index (χ4n) is 8.40. The van der Waals surface area contributed by atoms with Crippen LogP contribution in [0.4, 0.5) is 17.6 Å². The third-order valence-electron chi connectivity index (χ3n) is 11.8. The van der Waals surface area contributed by atoms with Gasteiger partial charge in [-0.1, -0.05) is 109 Å². The van der Waals surface area contributed by atoms with Crippen LogP contribution in [0.1, 0.15) is 33.2 Å². The van der Waals surface area contributed by atoms with Crippen molar-refractivity contribution in [1.29, 1.82) is 0 Å². The first-order valence-corrected chi connectivity index (χ1v) is 21.9. The molecular formula is C61H41F4N3O. The van der Waals surface area contributed by atoms with Gasteiger partial charge in [-0.3, -0.25) is 15.0 Å². The molecule has 11 aromatic rings. The van der Waals surface area contributed by atoms with Crippen LogP contribution >= 0.6 is 0 Å². The van der Waals surface area contributed by atoms with Crippen molar-refractivity contribution in [2.24, 2.45) is 0 Å². The molecule has 0 aliphatic carbocycles. The third-order valence-corrected chi connectivity index (χ3v) is 11.8. The number of pyridine rings is 3. The minimum Gasteiger partial charge on any atom is -0.456 e. The second-order valence-electron chi connectivity index (χ2n) is 16.2. The van der Waals surface area contributed by atoms with Gasteiger partial charge in [-0.05, 0) is 136 Å². The molecule has 4 aromatic heterocycles. The van der Waals surface area contributed by atoms with E-state index in [0.29, 0.717) is 40.1 Å². The molecule has 0 aliphatic rings. The average molecular weight is 916 g/mol. The highest BCUT2D eigenvalue weighted by atomic mass is 19.1. The van der Waals surface area contributed by atoms with Crippen molar-refractivity contribution in [3.05, 3.63) is 246 Å². The number of aryl methyl sites for hydroxylation is 4. The quantitative estimate of drug-likeness (QED) is 0.115. The summed E-state index contributed by atoms with van der Waals surface area (Å²) < 4.78 is 140. The number of halogens is 4. The Bertz CT molecular complexity index is 3920. The third kappa shape index (κ3) is 9.05. The standard InChI is InChI=1S/C61H41F4N3O/c62-45-21-24-51(55(64)32-45)57-26-18-38(35-66-57)14-16-40-28-41(17-15-39-19-27-58(67-36-39)52-25-22-46(63)33-56(52)65)30-44(29-40)47-10-4-5-11-48(47)54-37-68-59(42-8-2-1-3-9-42)34-53(54)43-20-23-50-49-12-6-7-13-60(49)69-61(50)31-43/h1-13,18-37H,14-17H2/i14D2,15D2,16D2,17D2. The molecule has 69 heavy (non-hydrogen) atoms. The van der Waals surface area contributed by atoms with E-state index >= 15 is 0 Å². The Hall–Kier alpha value is -8.49. The lowest BCUT2D eigenvalue weighted by Crippen LogP contribution is -1.99. The molecule has 0 amide bonds. The zero-order valence-corrected chi connectivity index (χ0v) is 36.3. The first-order valence-electron chi connectivity index (χ1n) is 25.9. The Morgan fingerprint density at radius 3 is 1.54 bits per heavy atom. The minimum atomic E-state index is -3.02. The summed E-state index contributed by atoms with van der Waals surface area (Å²) in [7, 11) is 0. The molecule has 0 fully saturated rings. The maximum Gasteiger partial charge on any atom is 0.136 e. The minimum absolute atomic E-state index is 0.0346. The van der Waals surface area contributed by atoms with E-state index in [2.05, 4.69) is 9.97 Å². The molecule has 11 rings (SSSR count). The van der Waals surface area contributed by atoms with Gasteiger partial charge in [0.2, 0.25) is 0 Å². The lowest BCUT2D eigenvalue weighted by Gasteiger charge is -2.17. The molecule has 0 saturated carbocycles. The van der Waals surface area contributed by atoms with E-state index in [4.69, 9.17) is 9.40 Å². The van der Waals surface area contributed by atoms with E-state index in [1.54, 1.807) is 24.4 Å². The highest BCUT2D eigenvalue weighted by Crippen LogP contribution is 2.42. The van der Waals surface area contributed by atoms with Crippen LogP contribution < -0.4 is 0 Å². The fraction of sp³-hybridized carbons (Fsp3) is 0.0656. The monoisotopic (exact) mass is 915 g/mol. The molecule has 0 saturated heterocycles. The predicted molar refractivity (Wildman–Crippen MR) is 267 cm³/mol. The number of rotatable bonds is 12. The topological polar surface area (TPSA) is 51.8 Å². The van der Waals surface area contributed by atoms with Gasteiger partial charge < -0.3 is 4.42 Å². The Labute approximate surface area is 407 Å². The number of fused-ring (bicyclic) bond motifs is 3. The fourth-order valence-corrected chi connectivity index (χ4v) is 8.40. The Balaban J connectivity index is 1.08. The van der Waals surface area contributed by atoms with Crippen molar-refractivity contribution in [2.45, 2.75) is 25.5 Å². The van der Waals surface area contributed by atoms with Gasteiger partial charge in [-0.25, -0.2) is 17.6 Å². The Morgan fingerprint density at radius 1 is 0.348 bits per heavy atom. The Kier molecular flexibility index (Phi) is 9.40. The summed E-state index contributed by atoms with van der Waals surface area (Å²) in [4.78, 5) is 13.4. The number of para-hydroxylation sites is 1. The first-order chi connectivity index (χ1) is 36.8. The smallest absolute Gasteiger partial charge is 0.136 e. The number of aromatic nitrogens is 3. The van der Waals surface area contributed by atoms with E-state index in [1.807, 2.05) is 84.9 Å². The Morgan fingerprint density at radius 2 is 0.913 bits per heavy atom. The second kappa shape index (κ2) is 18.7. The molecule has 4 nitrogen and oxygen atoms in total. The van der Waals surface area contributed by atoms with Crippen molar-refractivity contribution >= 4 is 21.9 Å². The normalized spacial score (nSPS) is 14.0. The van der Waals surface area contributed by atoms with E-state index in [1.165, 1.54) is 48.5 Å². The highest BCUT2D eigenvalue weighted by molar-refractivity contribution is 6.06. The van der Waals surface area contributed by atoms with E-state index in [0.717, 1.165) is 63.6 Å². The molecule has 0 atom stereocenters. The van der Waals surface area contributed by atoms with Gasteiger partial charge in [0.15, 0.2) is 0 Å². The largest absolute Gasteiger partial charge is 0.456 e. The maximum absolute atomic E-state index is 14.8. The molecule has 4 heterocycles. The summed E-state index contributed by atoms with van der Waals surface area (Å²) in [6, 6.07) is 47.2. The van der Waals surface area contributed by atoms with Gasteiger partial charge in [0.1, 0.15) is 34.4 Å². The summed E-state index contributed by atoms with van der Waals surface area (Å²) in [5.74, 6) is -3.42. The van der Waals surface area contributed by atoms with E-state index in [-0.39, 0.29) is 50.3 Å². The molecule has 0 aliphatic heterocycles. The number of hydrogen-bond donors (Lipinski definition) is 0. The molecule has 8 heteroatoms. The highest BCUT2D eigenvalue weighted by Gasteiger charge is 2.18. The van der Waals surface area contributed by atoms with Crippen molar-refractivity contribution < 1.29 is 32.9 Å². The number of nitrogens with zero attached hydrogens (tertiary/aromatic N) is 3. The zero-order chi connectivity index (χ0) is 54.0. The van der Waals surface area contributed by atoms with Crippen LogP contribution in [0, 0.1) is 23.3 Å². The first kappa shape index (κ1) is 34.8. The van der Waals surface area contributed by atoms with Crippen molar-refractivity contribution in [3.63, 3.8) is 0 Å². The summed E-state index contributed by atoms with van der Waals surface area (Å²) in [5, 5.41) is 1.86. The van der Waals surface area contributed by atoms with Crippen molar-refractivity contribution in [2.75, 3.05) is 0 Å². The summed E-state index contributed by atoms with van der Waals surface area (Å²) in [5.41, 5.74) is 4.86. The molecular weight excluding hydrogens is 867 g/mol. The predicted octanol–water partition coefficient (Wildman–Crippen LogP) is 15.9. The van der Waals surface area contributed by atoms with E-state index in [9.17, 15) is 28.5 Å². The number of hydrogen-bond acceptors (Lipinski definition) is 4. The van der Waals surface area contributed by atoms with Crippen LogP contribution in [0.2, 0.25) is 0 Å². The van der Waals surface area contributed by atoms with Crippen molar-refractivity contribution in [3.8, 4) is 67.2 Å². The van der Waals surface area contributed by atoms with Crippen LogP contribution in [0.5, 0.6) is 0 Å². The summed E-state index contributed by atoms with van der Waals surface area (Å²) in [6.07, 6.45) is -8.07. The van der Waals surface area contributed by atoms with Crippen LogP contribution in [0.15, 0.2) is 205 Å². The second-order valence-corrected chi connectivity index (χ2v) is 16.2. The number of benzene rings is 7. The lowest BCUT2D eigenvalue weighted by atomic mass is 9.87. The summed E-state index contributed by atoms with van der Waals surface area (Å²) >= 11 is 0. The molecule has 0 bridgehead atoms. The lowest BCUT2D eigenvalue weighted by molar-refractivity contribution is 0.584. The van der Waals surface area contributed by atoms with E-state index < -0.39 is 48.8 Å².